The van der Waals surface area contributed by atoms with E-state index < -0.39 is 6.10 Å². The van der Waals surface area contributed by atoms with Crippen molar-refractivity contribution in [3.05, 3.63) is 34.9 Å². The van der Waals surface area contributed by atoms with Crippen molar-refractivity contribution in [2.75, 3.05) is 26.3 Å². The van der Waals surface area contributed by atoms with Gasteiger partial charge in [0.05, 0.1) is 25.7 Å². The summed E-state index contributed by atoms with van der Waals surface area (Å²) in [6, 6.07) is 7.48. The third kappa shape index (κ3) is 5.46. The molecular formula is C17H25ClN2O3. The normalized spacial score (nSPS) is 21.7. The fraction of sp³-hybridized carbons (Fsp3) is 0.588. The van der Waals surface area contributed by atoms with E-state index in [4.69, 9.17) is 16.3 Å². The zero-order valence-corrected chi connectivity index (χ0v) is 14.4. The van der Waals surface area contributed by atoms with Gasteiger partial charge in [-0.25, -0.2) is 0 Å². The minimum absolute atomic E-state index is 0.0486. The lowest BCUT2D eigenvalue weighted by atomic mass is 10.1. The number of rotatable bonds is 6. The lowest BCUT2D eigenvalue weighted by molar-refractivity contribution is -0.123. The Morgan fingerprint density at radius 2 is 2.17 bits per heavy atom. The summed E-state index contributed by atoms with van der Waals surface area (Å²) in [5.74, 6) is -0.153. The van der Waals surface area contributed by atoms with E-state index in [0.717, 1.165) is 19.8 Å². The van der Waals surface area contributed by atoms with E-state index >= 15 is 0 Å². The van der Waals surface area contributed by atoms with Crippen LogP contribution in [-0.4, -0.2) is 54.3 Å². The number of nitrogens with one attached hydrogen (secondary N) is 1. The van der Waals surface area contributed by atoms with Gasteiger partial charge in [0.15, 0.2) is 0 Å². The molecule has 3 atom stereocenters. The number of carbonyl (C=O) groups excluding carboxylic acids is 1. The van der Waals surface area contributed by atoms with Crippen LogP contribution in [0.2, 0.25) is 5.02 Å². The largest absolute Gasteiger partial charge is 0.388 e. The van der Waals surface area contributed by atoms with Crippen molar-refractivity contribution in [3.63, 3.8) is 0 Å². The maximum absolute atomic E-state index is 12.0. The smallest absolute Gasteiger partial charge is 0.223 e. The molecule has 23 heavy (non-hydrogen) atoms. The van der Waals surface area contributed by atoms with Gasteiger partial charge in [-0.15, -0.1) is 0 Å². The topological polar surface area (TPSA) is 61.8 Å². The number of aliphatic hydroxyl groups excluding tert-OH is 1. The van der Waals surface area contributed by atoms with Crippen molar-refractivity contribution in [2.45, 2.75) is 38.5 Å². The van der Waals surface area contributed by atoms with Gasteiger partial charge in [0.25, 0.3) is 0 Å². The van der Waals surface area contributed by atoms with Gasteiger partial charge in [-0.3, -0.25) is 9.69 Å². The molecule has 0 aromatic heterocycles. The van der Waals surface area contributed by atoms with Gasteiger partial charge >= 0.3 is 0 Å². The van der Waals surface area contributed by atoms with Gasteiger partial charge in [-0.1, -0.05) is 23.7 Å². The molecule has 6 heteroatoms. The van der Waals surface area contributed by atoms with E-state index in [1.807, 2.05) is 0 Å². The zero-order valence-electron chi connectivity index (χ0n) is 13.7. The molecule has 1 saturated heterocycles. The van der Waals surface area contributed by atoms with Crippen molar-refractivity contribution in [1.29, 1.82) is 0 Å². The highest BCUT2D eigenvalue weighted by Crippen LogP contribution is 2.19. The monoisotopic (exact) mass is 340 g/mol. The van der Waals surface area contributed by atoms with E-state index in [9.17, 15) is 9.90 Å². The summed E-state index contributed by atoms with van der Waals surface area (Å²) >= 11 is 5.82. The molecule has 2 rings (SSSR count). The Balaban J connectivity index is 1.76. The first-order valence-electron chi connectivity index (χ1n) is 8.01. The predicted octanol–water partition coefficient (Wildman–Crippen LogP) is 1.99. The van der Waals surface area contributed by atoms with Crippen molar-refractivity contribution in [1.82, 2.24) is 10.2 Å². The quantitative estimate of drug-likeness (QED) is 0.831. The molecule has 1 fully saturated rings. The summed E-state index contributed by atoms with van der Waals surface area (Å²) in [6.45, 7) is 7.13. The molecule has 1 amide bonds. The van der Waals surface area contributed by atoms with Gasteiger partial charge in [-0.2, -0.15) is 0 Å². The maximum atomic E-state index is 12.0. The minimum Gasteiger partial charge on any atom is -0.388 e. The van der Waals surface area contributed by atoms with Crippen LogP contribution in [-0.2, 0) is 9.53 Å². The number of benzene rings is 1. The summed E-state index contributed by atoms with van der Waals surface area (Å²) in [6.07, 6.45) is -0.766. The second-order valence-corrected chi connectivity index (χ2v) is 6.52. The minimum atomic E-state index is -0.815. The second kappa shape index (κ2) is 8.64. The zero-order chi connectivity index (χ0) is 16.8. The molecule has 0 unspecified atom stereocenters. The number of hydrogen-bond acceptors (Lipinski definition) is 4. The van der Waals surface area contributed by atoms with Gasteiger partial charge in [-0.05, 0) is 31.5 Å². The van der Waals surface area contributed by atoms with Crippen LogP contribution in [0.5, 0.6) is 0 Å². The van der Waals surface area contributed by atoms with Crippen LogP contribution < -0.4 is 5.32 Å². The molecule has 128 valence electrons. The second-order valence-electron chi connectivity index (χ2n) is 6.09. The third-order valence-electron chi connectivity index (χ3n) is 4.21. The fourth-order valence-corrected chi connectivity index (χ4v) is 2.95. The number of halogens is 1. The van der Waals surface area contributed by atoms with Crippen LogP contribution in [0.3, 0.4) is 0 Å². The molecule has 0 saturated carbocycles. The fourth-order valence-electron chi connectivity index (χ4n) is 2.82. The predicted molar refractivity (Wildman–Crippen MR) is 90.5 cm³/mol. The third-order valence-corrected chi connectivity index (χ3v) is 4.47. The van der Waals surface area contributed by atoms with Gasteiger partial charge in [0.1, 0.15) is 0 Å². The van der Waals surface area contributed by atoms with E-state index in [1.165, 1.54) is 0 Å². The van der Waals surface area contributed by atoms with Crippen LogP contribution in [0.15, 0.2) is 24.3 Å². The van der Waals surface area contributed by atoms with Crippen LogP contribution in [0, 0.1) is 0 Å². The van der Waals surface area contributed by atoms with Gasteiger partial charge in [0.2, 0.25) is 5.91 Å². The van der Waals surface area contributed by atoms with Crippen LogP contribution >= 0.6 is 11.6 Å². The van der Waals surface area contributed by atoms with Crippen LogP contribution in [0.1, 0.15) is 31.9 Å². The van der Waals surface area contributed by atoms with Gasteiger partial charge in [0, 0.05) is 30.2 Å². The molecule has 5 nitrogen and oxygen atoms in total. The van der Waals surface area contributed by atoms with Crippen molar-refractivity contribution in [3.8, 4) is 0 Å². The Bertz CT molecular complexity index is 509. The molecule has 1 aromatic carbocycles. The Kier molecular flexibility index (Phi) is 6.84. The molecule has 1 aliphatic rings. The number of morpholine rings is 1. The average Bonchev–Trinajstić information content (AvgIpc) is 2.53. The van der Waals surface area contributed by atoms with E-state index in [1.54, 1.807) is 24.3 Å². The van der Waals surface area contributed by atoms with Crippen molar-refractivity contribution >= 4 is 17.5 Å². The summed E-state index contributed by atoms with van der Waals surface area (Å²) in [7, 11) is 0. The molecule has 0 spiro atoms. The molecule has 0 radical (unpaired) electrons. The van der Waals surface area contributed by atoms with Crippen LogP contribution in [0.25, 0.3) is 0 Å². The lowest BCUT2D eigenvalue weighted by Crippen LogP contribution is -2.51. The summed E-state index contributed by atoms with van der Waals surface area (Å²) in [4.78, 5) is 14.4. The Morgan fingerprint density at radius 3 is 2.83 bits per heavy atom. The molecule has 1 aromatic rings. The molecule has 2 N–H and O–H groups in total. The van der Waals surface area contributed by atoms with E-state index in [2.05, 4.69) is 24.1 Å². The Labute approximate surface area is 142 Å². The first-order chi connectivity index (χ1) is 11.0. The number of amides is 1. The average molecular weight is 341 g/mol. The molecule has 1 aliphatic heterocycles. The van der Waals surface area contributed by atoms with Crippen molar-refractivity contribution in [2.24, 2.45) is 0 Å². The molecule has 0 bridgehead atoms. The van der Waals surface area contributed by atoms with E-state index in [0.29, 0.717) is 23.2 Å². The number of hydrogen-bond donors (Lipinski definition) is 2. The standard InChI is InChI=1S/C17H25ClN2O3/c1-12(20-7-8-23-11-13(20)2)10-19-17(22)9-16(21)14-3-5-15(18)6-4-14/h3-6,12-13,16,21H,7-11H2,1-2H3,(H,19,22)/t12-,13+,16+/m1/s1. The molecule has 1 heterocycles. The Hall–Kier alpha value is -1.14. The first-order valence-corrected chi connectivity index (χ1v) is 8.39. The van der Waals surface area contributed by atoms with Crippen molar-refractivity contribution < 1.29 is 14.6 Å². The maximum Gasteiger partial charge on any atom is 0.223 e. The highest BCUT2D eigenvalue weighted by Gasteiger charge is 2.24. The first kappa shape index (κ1) is 18.2. The summed E-state index contributed by atoms with van der Waals surface area (Å²) in [5.41, 5.74) is 0.694. The Morgan fingerprint density at radius 1 is 1.48 bits per heavy atom. The number of ether oxygens (including phenoxy) is 1. The SMILES string of the molecule is C[C@H](CNC(=O)C[C@H](O)c1ccc(Cl)cc1)N1CCOC[C@@H]1C. The van der Waals surface area contributed by atoms with Crippen LogP contribution in [0.4, 0.5) is 0 Å². The highest BCUT2D eigenvalue weighted by atomic mass is 35.5. The van der Waals surface area contributed by atoms with E-state index in [-0.39, 0.29) is 18.4 Å². The summed E-state index contributed by atoms with van der Waals surface area (Å²) < 4.78 is 5.43. The number of nitrogens with zero attached hydrogens (tertiary/aromatic N) is 1. The molecular weight excluding hydrogens is 316 g/mol. The highest BCUT2D eigenvalue weighted by molar-refractivity contribution is 6.30. The number of carbonyl (C=O) groups is 1. The lowest BCUT2D eigenvalue weighted by Gasteiger charge is -2.37. The molecule has 0 aliphatic carbocycles. The number of aliphatic hydroxyl groups is 1. The van der Waals surface area contributed by atoms with Gasteiger partial charge < -0.3 is 15.2 Å². The summed E-state index contributed by atoms with van der Waals surface area (Å²) in [5, 5.41) is 13.6.